The first kappa shape index (κ1) is 21.2. The van der Waals surface area contributed by atoms with E-state index in [2.05, 4.69) is 89.9 Å². The Morgan fingerprint density at radius 2 is 1.42 bits per heavy atom. The quantitative estimate of drug-likeness (QED) is 0.142. The van der Waals surface area contributed by atoms with Crippen LogP contribution in [-0.4, -0.2) is 9.97 Å². The fourth-order valence-corrected chi connectivity index (χ4v) is 4.10. The normalized spacial score (nSPS) is 11.3. The Morgan fingerprint density at radius 3 is 2.36 bits per heavy atom. The van der Waals surface area contributed by atoms with Crippen molar-refractivity contribution in [2.45, 2.75) is 0 Å². The maximum Gasteiger partial charge on any atom is 2.00 e. The van der Waals surface area contributed by atoms with Gasteiger partial charge in [0, 0.05) is 17.1 Å². The number of pyridine rings is 2. The van der Waals surface area contributed by atoms with Crippen molar-refractivity contribution in [3.63, 3.8) is 0 Å². The summed E-state index contributed by atoms with van der Waals surface area (Å²) in [6, 6.07) is 36.5. The van der Waals surface area contributed by atoms with E-state index < -0.39 is 0 Å². The van der Waals surface area contributed by atoms with Crippen molar-refractivity contribution >= 4 is 38.7 Å². The summed E-state index contributed by atoms with van der Waals surface area (Å²) in [6.45, 7) is 0. The van der Waals surface area contributed by atoms with Crippen LogP contribution in [-0.2, 0) is 20.4 Å². The van der Waals surface area contributed by atoms with E-state index in [1.807, 2.05) is 36.5 Å². The summed E-state index contributed by atoms with van der Waals surface area (Å²) >= 11 is 0. The molecule has 0 spiro atoms. The van der Waals surface area contributed by atoms with Crippen LogP contribution in [0.25, 0.3) is 49.9 Å². The Balaban J connectivity index is 0.00000228. The maximum atomic E-state index is 5.03. The fraction of sp³-hybridized carbons (Fsp3) is 0. The molecular formula is C30H18N2Pd. The van der Waals surface area contributed by atoms with Gasteiger partial charge in [-0.1, -0.05) is 60.0 Å². The molecule has 0 aliphatic heterocycles. The summed E-state index contributed by atoms with van der Waals surface area (Å²) < 4.78 is 0. The molecule has 0 atom stereocenters. The zero-order valence-electron chi connectivity index (χ0n) is 17.6. The van der Waals surface area contributed by atoms with Crippen LogP contribution in [0.1, 0.15) is 11.1 Å². The van der Waals surface area contributed by atoms with E-state index in [-0.39, 0.29) is 20.4 Å². The van der Waals surface area contributed by atoms with Crippen LogP contribution in [0.4, 0.5) is 0 Å². The van der Waals surface area contributed by atoms with Crippen LogP contribution in [0.3, 0.4) is 0 Å². The van der Waals surface area contributed by atoms with Crippen LogP contribution in [0.15, 0.2) is 103 Å². The topological polar surface area (TPSA) is 25.8 Å². The number of aromatic nitrogens is 2. The van der Waals surface area contributed by atoms with Crippen molar-refractivity contribution in [3.05, 3.63) is 127 Å². The molecule has 0 unspecified atom stereocenters. The van der Waals surface area contributed by atoms with Gasteiger partial charge in [-0.05, 0) is 23.0 Å². The van der Waals surface area contributed by atoms with E-state index >= 15 is 0 Å². The van der Waals surface area contributed by atoms with Gasteiger partial charge in [0.2, 0.25) is 0 Å². The predicted molar refractivity (Wildman–Crippen MR) is 132 cm³/mol. The molecule has 0 saturated heterocycles. The van der Waals surface area contributed by atoms with Gasteiger partial charge < -0.3 is 0 Å². The molecule has 3 heteroatoms. The zero-order chi connectivity index (χ0) is 21.3. The minimum atomic E-state index is 0. The Morgan fingerprint density at radius 1 is 0.667 bits per heavy atom. The third-order valence-corrected chi connectivity index (χ3v) is 5.69. The molecule has 2 aromatic heterocycles. The van der Waals surface area contributed by atoms with E-state index in [4.69, 9.17) is 4.98 Å². The molecule has 33 heavy (non-hydrogen) atoms. The van der Waals surface area contributed by atoms with E-state index in [1.165, 1.54) is 5.39 Å². The molecular weight excluding hydrogens is 495 g/mol. The summed E-state index contributed by atoms with van der Waals surface area (Å²) in [4.78, 5) is 9.62. The van der Waals surface area contributed by atoms with E-state index in [1.54, 1.807) is 0 Å². The third kappa shape index (κ3) is 4.10. The number of hydrogen-bond acceptors (Lipinski definition) is 2. The van der Waals surface area contributed by atoms with Gasteiger partial charge in [0.15, 0.2) is 0 Å². The van der Waals surface area contributed by atoms with E-state index in [9.17, 15) is 0 Å². The summed E-state index contributed by atoms with van der Waals surface area (Å²) in [5.74, 6) is 0. The second-order valence-corrected chi connectivity index (χ2v) is 7.74. The second kappa shape index (κ2) is 9.08. The molecule has 0 fully saturated rings. The van der Waals surface area contributed by atoms with Gasteiger partial charge >= 0.3 is 20.4 Å². The Hall–Kier alpha value is -3.64. The minimum Gasteiger partial charge on any atom is -0.296 e. The van der Waals surface area contributed by atoms with E-state index in [0.717, 1.165) is 49.6 Å². The Bertz CT molecular complexity index is 1630. The molecule has 6 rings (SSSR count). The Kier molecular flexibility index (Phi) is 5.84. The third-order valence-electron chi connectivity index (χ3n) is 5.69. The first-order valence-electron chi connectivity index (χ1n) is 10.6. The zero-order valence-corrected chi connectivity index (χ0v) is 19.2. The number of rotatable bonds is 3. The summed E-state index contributed by atoms with van der Waals surface area (Å²) in [5.41, 5.74) is 5.79. The van der Waals surface area contributed by atoms with Crippen molar-refractivity contribution < 1.29 is 20.4 Å². The molecule has 0 amide bonds. The minimum absolute atomic E-state index is 0. The van der Waals surface area contributed by atoms with Crippen LogP contribution in [0.5, 0.6) is 0 Å². The van der Waals surface area contributed by atoms with Gasteiger partial charge in [-0.25, -0.2) is 6.08 Å². The standard InChI is InChI=1S/C30H18N2.Pd/c1-2-7-26-20-21(13-15-22(26)6-1)14-16-24-8-3-9-25-17-18-28(32-29(24)25)27-12-4-10-23-11-5-19-31-30(23)27;/h1-15,17-19H;/q-2;+2. The monoisotopic (exact) mass is 512 g/mol. The van der Waals surface area contributed by atoms with Crippen LogP contribution < -0.4 is 0 Å². The number of fused-ring (bicyclic) bond motifs is 3. The SMILES string of the molecule is [C-](=Cc1[c-]c2ccccc2cc1)c1cccc2ccc(-c3cccc4cccnc34)nc12.[Pd+2]. The van der Waals surface area contributed by atoms with Crippen LogP contribution in [0.2, 0.25) is 0 Å². The van der Waals surface area contributed by atoms with Gasteiger partial charge in [-0.3, -0.25) is 9.97 Å². The maximum absolute atomic E-state index is 5.03. The second-order valence-electron chi connectivity index (χ2n) is 7.74. The van der Waals surface area contributed by atoms with Gasteiger partial charge in [0.25, 0.3) is 0 Å². The summed E-state index contributed by atoms with van der Waals surface area (Å²) in [5, 5.41) is 4.48. The van der Waals surface area contributed by atoms with Gasteiger partial charge in [0.05, 0.1) is 11.2 Å². The molecule has 158 valence electrons. The molecule has 0 N–H and O–H groups in total. The number of hydrogen-bond donors (Lipinski definition) is 0. The van der Waals surface area contributed by atoms with Crippen molar-refractivity contribution in [1.29, 1.82) is 0 Å². The number of benzene rings is 4. The molecule has 0 aliphatic carbocycles. The smallest absolute Gasteiger partial charge is 0.296 e. The largest absolute Gasteiger partial charge is 2.00 e. The first-order chi connectivity index (χ1) is 15.8. The fourth-order valence-electron chi connectivity index (χ4n) is 4.10. The molecule has 0 saturated carbocycles. The van der Waals surface area contributed by atoms with Crippen LogP contribution in [0, 0.1) is 12.1 Å². The average molecular weight is 513 g/mol. The number of para-hydroxylation sites is 2. The van der Waals surface area contributed by atoms with Gasteiger partial charge in [0.1, 0.15) is 0 Å². The molecule has 0 aliphatic rings. The van der Waals surface area contributed by atoms with Crippen molar-refractivity contribution in [3.8, 4) is 11.3 Å². The number of nitrogens with zero attached hydrogens (tertiary/aromatic N) is 2. The molecule has 2 nitrogen and oxygen atoms in total. The molecule has 6 aromatic rings. The van der Waals surface area contributed by atoms with Crippen molar-refractivity contribution in [1.82, 2.24) is 9.97 Å². The summed E-state index contributed by atoms with van der Waals surface area (Å²) in [6.07, 6.45) is 7.26. The molecule has 0 radical (unpaired) electrons. The van der Waals surface area contributed by atoms with Gasteiger partial charge in [-0.15, -0.1) is 35.2 Å². The molecule has 2 heterocycles. The molecule has 0 bridgehead atoms. The average Bonchev–Trinajstić information content (AvgIpc) is 2.86. The molecule has 4 aromatic carbocycles. The van der Waals surface area contributed by atoms with Crippen molar-refractivity contribution in [2.24, 2.45) is 0 Å². The van der Waals surface area contributed by atoms with E-state index in [0.29, 0.717) is 0 Å². The van der Waals surface area contributed by atoms with Gasteiger partial charge in [-0.2, -0.15) is 23.8 Å². The Labute approximate surface area is 206 Å². The van der Waals surface area contributed by atoms with Crippen molar-refractivity contribution in [2.75, 3.05) is 0 Å². The van der Waals surface area contributed by atoms with Crippen LogP contribution >= 0.6 is 0 Å². The predicted octanol–water partition coefficient (Wildman–Crippen LogP) is 7.27. The first-order valence-corrected chi connectivity index (χ1v) is 10.6. The summed E-state index contributed by atoms with van der Waals surface area (Å²) in [7, 11) is 0.